The van der Waals surface area contributed by atoms with Crippen LogP contribution in [-0.2, 0) is 6.54 Å². The summed E-state index contributed by atoms with van der Waals surface area (Å²) in [6, 6.07) is 18.8. The van der Waals surface area contributed by atoms with Crippen LogP contribution in [0.3, 0.4) is 0 Å². The molecule has 0 fully saturated rings. The van der Waals surface area contributed by atoms with Crippen molar-refractivity contribution in [3.63, 3.8) is 0 Å². The van der Waals surface area contributed by atoms with Crippen LogP contribution in [0.15, 0.2) is 67.1 Å². The third-order valence-electron chi connectivity index (χ3n) is 3.31. The van der Waals surface area contributed by atoms with E-state index in [1.807, 2.05) is 23.2 Å². The van der Waals surface area contributed by atoms with Crippen LogP contribution < -0.4 is 5.73 Å². The minimum Gasteiger partial charge on any atom is -0.336 e. The highest BCUT2D eigenvalue weighted by molar-refractivity contribution is 5.68. The van der Waals surface area contributed by atoms with Crippen LogP contribution in [0.5, 0.6) is 0 Å². The van der Waals surface area contributed by atoms with E-state index in [2.05, 4.69) is 53.5 Å². The Morgan fingerprint density at radius 1 is 0.850 bits per heavy atom. The predicted molar refractivity (Wildman–Crippen MR) is 82.2 cm³/mol. The molecule has 0 amide bonds. The maximum absolute atomic E-state index is 5.54. The minimum atomic E-state index is 0.628. The van der Waals surface area contributed by atoms with Crippen LogP contribution in [-0.4, -0.2) is 16.1 Å². The van der Waals surface area contributed by atoms with E-state index in [0.29, 0.717) is 6.54 Å². The van der Waals surface area contributed by atoms with Gasteiger partial charge in [0.1, 0.15) is 0 Å². The first-order valence-electron chi connectivity index (χ1n) is 6.74. The Hall–Kier alpha value is -2.39. The lowest BCUT2D eigenvalue weighted by Crippen LogP contribution is -2.07. The van der Waals surface area contributed by atoms with Gasteiger partial charge in [0.25, 0.3) is 0 Å². The van der Waals surface area contributed by atoms with E-state index < -0.39 is 0 Å². The SMILES string of the molecule is NCCn1cnc(-c2ccc(-c3ccccc3)cc2)c1. The monoisotopic (exact) mass is 263 g/mol. The molecule has 1 aromatic heterocycles. The van der Waals surface area contributed by atoms with Gasteiger partial charge in [-0.3, -0.25) is 0 Å². The molecule has 0 saturated carbocycles. The molecule has 2 N–H and O–H groups in total. The highest BCUT2D eigenvalue weighted by Gasteiger charge is 2.03. The largest absolute Gasteiger partial charge is 0.336 e. The molecule has 20 heavy (non-hydrogen) atoms. The quantitative estimate of drug-likeness (QED) is 0.785. The van der Waals surface area contributed by atoms with Crippen molar-refractivity contribution in [2.24, 2.45) is 5.73 Å². The van der Waals surface area contributed by atoms with E-state index in [1.165, 1.54) is 11.1 Å². The van der Waals surface area contributed by atoms with E-state index in [0.717, 1.165) is 17.8 Å². The van der Waals surface area contributed by atoms with Crippen LogP contribution in [0.1, 0.15) is 0 Å². The first-order chi connectivity index (χ1) is 9.86. The fourth-order valence-electron chi connectivity index (χ4n) is 2.24. The van der Waals surface area contributed by atoms with Crippen molar-refractivity contribution in [2.75, 3.05) is 6.54 Å². The Morgan fingerprint density at radius 2 is 1.50 bits per heavy atom. The average molecular weight is 263 g/mol. The maximum Gasteiger partial charge on any atom is 0.0954 e. The second kappa shape index (κ2) is 5.72. The number of nitrogens with zero attached hydrogens (tertiary/aromatic N) is 2. The second-order valence-corrected chi connectivity index (χ2v) is 4.73. The van der Waals surface area contributed by atoms with Gasteiger partial charge in [0, 0.05) is 24.8 Å². The van der Waals surface area contributed by atoms with Crippen LogP contribution in [0.2, 0.25) is 0 Å². The molecule has 2 aromatic carbocycles. The number of hydrogen-bond acceptors (Lipinski definition) is 2. The number of imidazole rings is 1. The Labute approximate surface area is 118 Å². The normalized spacial score (nSPS) is 10.7. The van der Waals surface area contributed by atoms with Gasteiger partial charge in [0.05, 0.1) is 12.0 Å². The average Bonchev–Trinajstić information content (AvgIpc) is 2.97. The number of rotatable bonds is 4. The molecular weight excluding hydrogens is 246 g/mol. The second-order valence-electron chi connectivity index (χ2n) is 4.73. The molecule has 100 valence electrons. The highest BCUT2D eigenvalue weighted by Crippen LogP contribution is 2.23. The van der Waals surface area contributed by atoms with Crippen LogP contribution >= 0.6 is 0 Å². The Kier molecular flexibility index (Phi) is 3.61. The van der Waals surface area contributed by atoms with Crippen molar-refractivity contribution in [1.82, 2.24) is 9.55 Å². The molecule has 0 bridgehead atoms. The van der Waals surface area contributed by atoms with Gasteiger partial charge < -0.3 is 10.3 Å². The summed E-state index contributed by atoms with van der Waals surface area (Å²) in [5.41, 5.74) is 10.1. The van der Waals surface area contributed by atoms with Crippen molar-refractivity contribution >= 4 is 0 Å². The van der Waals surface area contributed by atoms with E-state index in [-0.39, 0.29) is 0 Å². The molecule has 0 spiro atoms. The Morgan fingerprint density at radius 3 is 2.20 bits per heavy atom. The molecule has 0 unspecified atom stereocenters. The van der Waals surface area contributed by atoms with E-state index in [4.69, 9.17) is 5.73 Å². The summed E-state index contributed by atoms with van der Waals surface area (Å²) < 4.78 is 2.01. The predicted octanol–water partition coefficient (Wildman–Crippen LogP) is 3.18. The molecule has 0 aliphatic rings. The van der Waals surface area contributed by atoms with Gasteiger partial charge in [-0.25, -0.2) is 4.98 Å². The van der Waals surface area contributed by atoms with Gasteiger partial charge in [-0.05, 0) is 11.1 Å². The first kappa shape index (κ1) is 12.6. The van der Waals surface area contributed by atoms with Gasteiger partial charge in [0.15, 0.2) is 0 Å². The molecule has 0 atom stereocenters. The molecule has 3 rings (SSSR count). The molecular formula is C17H17N3. The number of aromatic nitrogens is 2. The fraction of sp³-hybridized carbons (Fsp3) is 0.118. The lowest BCUT2D eigenvalue weighted by Gasteiger charge is -2.02. The van der Waals surface area contributed by atoms with Gasteiger partial charge in [-0.15, -0.1) is 0 Å². The summed E-state index contributed by atoms with van der Waals surface area (Å²) in [4.78, 5) is 4.41. The van der Waals surface area contributed by atoms with Crippen molar-refractivity contribution in [1.29, 1.82) is 0 Å². The van der Waals surface area contributed by atoms with E-state index in [9.17, 15) is 0 Å². The number of nitrogens with two attached hydrogens (primary N) is 1. The summed E-state index contributed by atoms with van der Waals surface area (Å²) >= 11 is 0. The summed E-state index contributed by atoms with van der Waals surface area (Å²) in [5, 5.41) is 0. The van der Waals surface area contributed by atoms with Crippen LogP contribution in [0, 0.1) is 0 Å². The van der Waals surface area contributed by atoms with Crippen molar-refractivity contribution in [3.05, 3.63) is 67.1 Å². The summed E-state index contributed by atoms with van der Waals surface area (Å²) in [6.45, 7) is 1.43. The van der Waals surface area contributed by atoms with E-state index in [1.54, 1.807) is 0 Å². The highest BCUT2D eigenvalue weighted by atomic mass is 15.0. The lowest BCUT2D eigenvalue weighted by molar-refractivity contribution is 0.708. The van der Waals surface area contributed by atoms with Crippen LogP contribution in [0.25, 0.3) is 22.4 Å². The maximum atomic E-state index is 5.54. The Bertz CT molecular complexity index is 669. The zero-order chi connectivity index (χ0) is 13.8. The van der Waals surface area contributed by atoms with E-state index >= 15 is 0 Å². The van der Waals surface area contributed by atoms with Crippen molar-refractivity contribution in [2.45, 2.75) is 6.54 Å². The zero-order valence-electron chi connectivity index (χ0n) is 11.2. The molecule has 1 heterocycles. The first-order valence-corrected chi connectivity index (χ1v) is 6.74. The third-order valence-corrected chi connectivity index (χ3v) is 3.31. The fourth-order valence-corrected chi connectivity index (χ4v) is 2.24. The number of hydrogen-bond donors (Lipinski definition) is 1. The third kappa shape index (κ3) is 2.63. The minimum absolute atomic E-state index is 0.628. The summed E-state index contributed by atoms with van der Waals surface area (Å²) in [5.74, 6) is 0. The molecule has 0 aliphatic heterocycles. The van der Waals surface area contributed by atoms with Gasteiger partial charge in [-0.1, -0.05) is 54.6 Å². The molecule has 3 aromatic rings. The van der Waals surface area contributed by atoms with Crippen LogP contribution in [0.4, 0.5) is 0 Å². The van der Waals surface area contributed by atoms with Gasteiger partial charge in [-0.2, -0.15) is 0 Å². The lowest BCUT2D eigenvalue weighted by atomic mass is 10.0. The smallest absolute Gasteiger partial charge is 0.0954 e. The topological polar surface area (TPSA) is 43.8 Å². The molecule has 0 radical (unpaired) electrons. The summed E-state index contributed by atoms with van der Waals surface area (Å²) in [6.07, 6.45) is 3.86. The standard InChI is InChI=1S/C17H17N3/c18-10-11-20-12-17(19-13-20)16-8-6-15(7-9-16)14-4-2-1-3-5-14/h1-9,12-13H,10-11,18H2. The molecule has 0 aliphatic carbocycles. The van der Waals surface area contributed by atoms with Crippen molar-refractivity contribution in [3.8, 4) is 22.4 Å². The zero-order valence-corrected chi connectivity index (χ0v) is 11.2. The van der Waals surface area contributed by atoms with Crippen molar-refractivity contribution < 1.29 is 0 Å². The number of benzene rings is 2. The molecule has 3 heteroatoms. The molecule has 3 nitrogen and oxygen atoms in total. The summed E-state index contributed by atoms with van der Waals surface area (Å²) in [7, 11) is 0. The Balaban J connectivity index is 1.85. The van der Waals surface area contributed by atoms with Gasteiger partial charge in [0.2, 0.25) is 0 Å². The van der Waals surface area contributed by atoms with Gasteiger partial charge >= 0.3 is 0 Å². The molecule has 0 saturated heterocycles.